The van der Waals surface area contributed by atoms with E-state index in [4.69, 9.17) is 5.73 Å². The van der Waals surface area contributed by atoms with E-state index in [9.17, 15) is 10.1 Å². The van der Waals surface area contributed by atoms with E-state index in [1.54, 1.807) is 14.1 Å². The fourth-order valence-corrected chi connectivity index (χ4v) is 1.79. The Balaban J connectivity index is 2.45. The molecule has 1 heterocycles. The number of carbonyl (C=O) groups is 1. The highest BCUT2D eigenvalue weighted by atomic mass is 16.2. The minimum absolute atomic E-state index is 0.0555. The number of nitrogens with two attached hydrogens (primary N) is 1. The highest BCUT2D eigenvalue weighted by Crippen LogP contribution is 2.20. The third-order valence-corrected chi connectivity index (χ3v) is 2.92. The minimum Gasteiger partial charge on any atom is -0.382 e. The van der Waals surface area contributed by atoms with E-state index >= 15 is 0 Å². The molecule has 0 atom stereocenters. The molecule has 0 fully saturated rings. The number of benzene rings is 1. The van der Waals surface area contributed by atoms with Crippen LogP contribution in [0.2, 0.25) is 0 Å². The molecule has 2 N–H and O–H groups in total. The van der Waals surface area contributed by atoms with Gasteiger partial charge in [-0.25, -0.2) is 4.68 Å². The molecule has 0 aliphatic heterocycles. The molecule has 0 aliphatic rings. The first kappa shape index (κ1) is 13.6. The van der Waals surface area contributed by atoms with Crippen molar-refractivity contribution in [2.75, 3.05) is 19.8 Å². The number of rotatable bonds is 3. The number of nitrogen functional groups attached to an aromatic ring is 1. The average Bonchev–Trinajstić information content (AvgIpc) is 2.75. The highest BCUT2D eigenvalue weighted by Gasteiger charge is 2.19. The van der Waals surface area contributed by atoms with E-state index < -0.39 is 0 Å². The summed E-state index contributed by atoms with van der Waals surface area (Å²) < 4.78 is 1.48. The normalized spacial score (nSPS) is 10.1. The zero-order valence-electron chi connectivity index (χ0n) is 11.4. The number of para-hydroxylation sites is 1. The van der Waals surface area contributed by atoms with Crippen molar-refractivity contribution >= 4 is 11.7 Å². The first-order valence-corrected chi connectivity index (χ1v) is 6.07. The van der Waals surface area contributed by atoms with Gasteiger partial charge in [-0.1, -0.05) is 18.2 Å². The molecule has 0 saturated carbocycles. The smallest absolute Gasteiger partial charge is 0.228 e. The van der Waals surface area contributed by atoms with Gasteiger partial charge in [0.1, 0.15) is 17.5 Å². The lowest BCUT2D eigenvalue weighted by atomic mass is 10.2. The van der Waals surface area contributed by atoms with E-state index in [1.807, 2.05) is 36.4 Å². The monoisotopic (exact) mass is 269 g/mol. The Morgan fingerprint density at radius 1 is 1.40 bits per heavy atom. The first-order valence-electron chi connectivity index (χ1n) is 6.07. The Labute approximate surface area is 117 Å². The molecule has 0 unspecified atom stereocenters. The van der Waals surface area contributed by atoms with Crippen LogP contribution < -0.4 is 5.73 Å². The summed E-state index contributed by atoms with van der Waals surface area (Å²) in [5, 5.41) is 13.5. The molecule has 1 aromatic heterocycles. The molecule has 1 amide bonds. The summed E-state index contributed by atoms with van der Waals surface area (Å²) in [6.45, 7) is 0. The summed E-state index contributed by atoms with van der Waals surface area (Å²) in [5.41, 5.74) is 7.36. The van der Waals surface area contributed by atoms with Gasteiger partial charge in [0.05, 0.1) is 17.8 Å². The van der Waals surface area contributed by atoms with Gasteiger partial charge < -0.3 is 10.6 Å². The van der Waals surface area contributed by atoms with Crippen LogP contribution in [0.5, 0.6) is 0 Å². The summed E-state index contributed by atoms with van der Waals surface area (Å²) >= 11 is 0. The van der Waals surface area contributed by atoms with Gasteiger partial charge >= 0.3 is 0 Å². The van der Waals surface area contributed by atoms with E-state index in [-0.39, 0.29) is 23.7 Å². The Bertz CT molecular complexity index is 667. The Kier molecular flexibility index (Phi) is 3.71. The van der Waals surface area contributed by atoms with Gasteiger partial charge in [-0.15, -0.1) is 0 Å². The topological polar surface area (TPSA) is 87.9 Å². The third kappa shape index (κ3) is 2.47. The number of carbonyl (C=O) groups excluding carboxylic acids is 1. The van der Waals surface area contributed by atoms with Crippen LogP contribution >= 0.6 is 0 Å². The summed E-state index contributed by atoms with van der Waals surface area (Å²) in [4.78, 5) is 13.2. The lowest BCUT2D eigenvalue weighted by Crippen LogP contribution is -2.24. The van der Waals surface area contributed by atoms with Gasteiger partial charge in [0, 0.05) is 14.1 Å². The van der Waals surface area contributed by atoms with E-state index in [0.717, 1.165) is 5.69 Å². The number of nitriles is 1. The number of likely N-dealkylation sites (N-methyl/N-ethyl adjacent to an activating group) is 1. The van der Waals surface area contributed by atoms with Crippen LogP contribution in [0.25, 0.3) is 5.69 Å². The van der Waals surface area contributed by atoms with Crippen molar-refractivity contribution in [2.45, 2.75) is 6.42 Å². The van der Waals surface area contributed by atoms with Crippen LogP contribution in [0.15, 0.2) is 30.3 Å². The predicted octanol–water partition coefficient (Wildman–Crippen LogP) is 0.957. The van der Waals surface area contributed by atoms with Gasteiger partial charge in [0.2, 0.25) is 5.91 Å². The summed E-state index contributed by atoms with van der Waals surface area (Å²) in [5.74, 6) is 0.125. The quantitative estimate of drug-likeness (QED) is 0.898. The van der Waals surface area contributed by atoms with E-state index in [2.05, 4.69) is 5.10 Å². The van der Waals surface area contributed by atoms with E-state index in [1.165, 1.54) is 9.58 Å². The van der Waals surface area contributed by atoms with Crippen LogP contribution in [0.1, 0.15) is 11.3 Å². The number of nitrogens with zero attached hydrogens (tertiary/aromatic N) is 4. The Hall–Kier alpha value is -2.81. The van der Waals surface area contributed by atoms with E-state index in [0.29, 0.717) is 5.69 Å². The zero-order chi connectivity index (χ0) is 14.7. The van der Waals surface area contributed by atoms with Crippen molar-refractivity contribution in [3.63, 3.8) is 0 Å². The molecule has 102 valence electrons. The fraction of sp³-hybridized carbons (Fsp3) is 0.214. The highest BCUT2D eigenvalue weighted by molar-refractivity contribution is 5.79. The average molecular weight is 269 g/mol. The van der Waals surface area contributed by atoms with Crippen LogP contribution in [-0.4, -0.2) is 34.7 Å². The van der Waals surface area contributed by atoms with Crippen molar-refractivity contribution in [3.8, 4) is 11.8 Å². The maximum atomic E-state index is 11.8. The van der Waals surface area contributed by atoms with Gasteiger partial charge in [0.25, 0.3) is 0 Å². The molecule has 0 saturated heterocycles. The van der Waals surface area contributed by atoms with Crippen molar-refractivity contribution in [3.05, 3.63) is 41.6 Å². The molecule has 20 heavy (non-hydrogen) atoms. The standard InChI is InChI=1S/C14H15N5O/c1-18(2)13(20)8-12-11(9-15)14(16)19(17-12)10-6-4-3-5-7-10/h3-7H,8,16H2,1-2H3. The largest absolute Gasteiger partial charge is 0.382 e. The summed E-state index contributed by atoms with van der Waals surface area (Å²) in [6.07, 6.45) is 0.0555. The molecule has 6 heteroatoms. The lowest BCUT2D eigenvalue weighted by molar-refractivity contribution is -0.128. The molecule has 2 aromatic rings. The number of amides is 1. The van der Waals surface area contributed by atoms with Gasteiger partial charge in [-0.2, -0.15) is 10.4 Å². The van der Waals surface area contributed by atoms with Crippen molar-refractivity contribution in [1.82, 2.24) is 14.7 Å². The molecule has 0 radical (unpaired) electrons. The molecular weight excluding hydrogens is 254 g/mol. The molecule has 6 nitrogen and oxygen atoms in total. The van der Waals surface area contributed by atoms with Crippen molar-refractivity contribution in [2.24, 2.45) is 0 Å². The van der Waals surface area contributed by atoms with Crippen LogP contribution in [0.4, 0.5) is 5.82 Å². The number of hydrogen-bond donors (Lipinski definition) is 1. The SMILES string of the molecule is CN(C)C(=O)Cc1nn(-c2ccccc2)c(N)c1C#N. The first-order chi connectivity index (χ1) is 9.54. The summed E-state index contributed by atoms with van der Waals surface area (Å²) in [7, 11) is 3.32. The Morgan fingerprint density at radius 2 is 2.05 bits per heavy atom. The summed E-state index contributed by atoms with van der Waals surface area (Å²) in [6, 6.07) is 11.3. The number of anilines is 1. The number of aromatic nitrogens is 2. The van der Waals surface area contributed by atoms with Gasteiger partial charge in [0.15, 0.2) is 0 Å². The van der Waals surface area contributed by atoms with Gasteiger partial charge in [-0.3, -0.25) is 4.79 Å². The second kappa shape index (κ2) is 5.45. The molecular formula is C14H15N5O. The van der Waals surface area contributed by atoms with Crippen molar-refractivity contribution in [1.29, 1.82) is 5.26 Å². The minimum atomic E-state index is -0.126. The Morgan fingerprint density at radius 3 is 2.60 bits per heavy atom. The number of hydrogen-bond acceptors (Lipinski definition) is 4. The second-order valence-corrected chi connectivity index (χ2v) is 4.53. The molecule has 2 rings (SSSR count). The van der Waals surface area contributed by atoms with Crippen LogP contribution in [0.3, 0.4) is 0 Å². The van der Waals surface area contributed by atoms with Crippen LogP contribution in [0, 0.1) is 11.3 Å². The van der Waals surface area contributed by atoms with Crippen molar-refractivity contribution < 1.29 is 4.79 Å². The molecule has 1 aromatic carbocycles. The van der Waals surface area contributed by atoms with Gasteiger partial charge in [-0.05, 0) is 12.1 Å². The zero-order valence-corrected chi connectivity index (χ0v) is 11.4. The molecule has 0 aliphatic carbocycles. The third-order valence-electron chi connectivity index (χ3n) is 2.92. The van der Waals surface area contributed by atoms with Crippen LogP contribution in [-0.2, 0) is 11.2 Å². The lowest BCUT2D eigenvalue weighted by Gasteiger charge is -2.08. The second-order valence-electron chi connectivity index (χ2n) is 4.53. The predicted molar refractivity (Wildman–Crippen MR) is 75.1 cm³/mol. The maximum absolute atomic E-state index is 11.8. The molecule has 0 bridgehead atoms. The maximum Gasteiger partial charge on any atom is 0.228 e. The fourth-order valence-electron chi connectivity index (χ4n) is 1.79. The molecule has 0 spiro atoms.